The lowest BCUT2D eigenvalue weighted by Gasteiger charge is -2.10. The third-order valence-electron chi connectivity index (χ3n) is 4.31. The molecule has 0 fully saturated rings. The molecule has 0 saturated carbocycles. The highest BCUT2D eigenvalue weighted by molar-refractivity contribution is 6.09. The van der Waals surface area contributed by atoms with E-state index in [1.807, 2.05) is 0 Å². The Morgan fingerprint density at radius 1 is 0.759 bits per heavy atom. The van der Waals surface area contributed by atoms with Crippen LogP contribution < -0.4 is 11.3 Å². The second-order valence-electron chi connectivity index (χ2n) is 6.10. The predicted octanol–water partition coefficient (Wildman–Crippen LogP) is 3.10. The zero-order valence-electron chi connectivity index (χ0n) is 14.3. The van der Waals surface area contributed by atoms with Gasteiger partial charge in [0, 0.05) is 10.8 Å². The molecule has 0 unspecified atom stereocenters. The summed E-state index contributed by atoms with van der Waals surface area (Å²) in [6.07, 6.45) is 0. The maximum Gasteiger partial charge on any atom is 0.351 e. The fourth-order valence-corrected chi connectivity index (χ4v) is 3.03. The summed E-state index contributed by atoms with van der Waals surface area (Å²) in [4.78, 5) is 46.7. The van der Waals surface area contributed by atoms with Gasteiger partial charge in [0.15, 0.2) is 0 Å². The number of aromatic carboxylic acids is 2. The normalized spacial score (nSPS) is 11.1. The molecule has 0 aliphatic heterocycles. The molecular weight excluding hydrogens is 387 g/mol. The molecule has 0 aliphatic carbocycles. The Morgan fingerprint density at radius 2 is 1.21 bits per heavy atom. The molecular formula is C20H9FO8. The highest BCUT2D eigenvalue weighted by atomic mass is 19.1. The number of halogens is 1. The summed E-state index contributed by atoms with van der Waals surface area (Å²) in [5.74, 6) is -3.55. The van der Waals surface area contributed by atoms with Crippen LogP contribution in [-0.4, -0.2) is 22.2 Å². The largest absolute Gasteiger partial charge is 0.477 e. The molecule has 8 nitrogen and oxygen atoms in total. The van der Waals surface area contributed by atoms with E-state index >= 15 is 0 Å². The van der Waals surface area contributed by atoms with Crippen molar-refractivity contribution in [3.05, 3.63) is 80.2 Å². The smallest absolute Gasteiger partial charge is 0.351 e. The van der Waals surface area contributed by atoms with Gasteiger partial charge in [-0.1, -0.05) is 12.1 Å². The summed E-state index contributed by atoms with van der Waals surface area (Å²) in [5.41, 5.74) is -3.30. The van der Waals surface area contributed by atoms with E-state index in [0.717, 1.165) is 24.3 Å². The minimum atomic E-state index is -1.50. The van der Waals surface area contributed by atoms with Crippen LogP contribution in [0.2, 0.25) is 0 Å². The highest BCUT2D eigenvalue weighted by Crippen LogP contribution is 2.36. The number of hydrogen-bond donors (Lipinski definition) is 2. The van der Waals surface area contributed by atoms with Crippen molar-refractivity contribution in [2.45, 2.75) is 0 Å². The van der Waals surface area contributed by atoms with Gasteiger partial charge in [-0.05, 0) is 35.9 Å². The van der Waals surface area contributed by atoms with Crippen LogP contribution in [-0.2, 0) is 0 Å². The topological polar surface area (TPSA) is 135 Å². The van der Waals surface area contributed by atoms with Gasteiger partial charge < -0.3 is 19.0 Å². The van der Waals surface area contributed by atoms with Crippen molar-refractivity contribution in [1.82, 2.24) is 0 Å². The molecule has 9 heteroatoms. The van der Waals surface area contributed by atoms with Gasteiger partial charge in [0.2, 0.25) is 0 Å². The van der Waals surface area contributed by atoms with Crippen LogP contribution in [0, 0.1) is 5.82 Å². The summed E-state index contributed by atoms with van der Waals surface area (Å²) in [6.45, 7) is 0. The third kappa shape index (κ3) is 2.94. The second kappa shape index (κ2) is 6.41. The van der Waals surface area contributed by atoms with Gasteiger partial charge in [0.25, 0.3) is 0 Å². The Labute approximate surface area is 159 Å². The van der Waals surface area contributed by atoms with Crippen molar-refractivity contribution in [3.63, 3.8) is 0 Å². The first-order valence-electron chi connectivity index (χ1n) is 8.07. The first-order chi connectivity index (χ1) is 13.8. The fraction of sp³-hybridized carbons (Fsp3) is 0. The van der Waals surface area contributed by atoms with Gasteiger partial charge in [-0.15, -0.1) is 0 Å². The molecule has 4 rings (SSSR count). The number of benzene rings is 2. The second-order valence-corrected chi connectivity index (χ2v) is 6.10. The standard InChI is InChI=1S/C20H9FO8/c21-11-3-1-8(2-4-11)14-15-9(6-12(17(22)23)19(26)28-15)5-10-7-13(18(24)25)20(27)29-16(10)14/h1-7H,(H,22,23)(H,24,25). The molecule has 29 heavy (non-hydrogen) atoms. The Hall–Kier alpha value is -4.27. The average Bonchev–Trinajstić information content (AvgIpc) is 2.66. The highest BCUT2D eigenvalue weighted by Gasteiger charge is 2.21. The van der Waals surface area contributed by atoms with E-state index in [0.29, 0.717) is 5.56 Å². The van der Waals surface area contributed by atoms with Crippen LogP contribution in [0.25, 0.3) is 33.1 Å². The van der Waals surface area contributed by atoms with Crippen LogP contribution in [0.4, 0.5) is 4.39 Å². The SMILES string of the molecule is O=C(O)c1cc2cc3cc(C(=O)O)c(=O)oc3c(-c3ccc(F)cc3)c2oc1=O. The Morgan fingerprint density at radius 3 is 1.62 bits per heavy atom. The van der Waals surface area contributed by atoms with Gasteiger partial charge in [-0.25, -0.2) is 23.6 Å². The molecule has 0 amide bonds. The molecule has 0 spiro atoms. The minimum Gasteiger partial charge on any atom is -0.477 e. The summed E-state index contributed by atoms with van der Waals surface area (Å²) in [7, 11) is 0. The molecule has 0 saturated heterocycles. The molecule has 2 N–H and O–H groups in total. The van der Waals surface area contributed by atoms with Crippen molar-refractivity contribution in [3.8, 4) is 11.1 Å². The van der Waals surface area contributed by atoms with E-state index in [-0.39, 0.29) is 27.5 Å². The molecule has 0 atom stereocenters. The first-order valence-corrected chi connectivity index (χ1v) is 8.07. The fourth-order valence-electron chi connectivity index (χ4n) is 3.03. The lowest BCUT2D eigenvalue weighted by Crippen LogP contribution is -2.14. The molecule has 2 heterocycles. The Balaban J connectivity index is 2.23. The summed E-state index contributed by atoms with van der Waals surface area (Å²) >= 11 is 0. The maximum absolute atomic E-state index is 13.4. The molecule has 2 aromatic heterocycles. The van der Waals surface area contributed by atoms with Gasteiger partial charge in [-0.3, -0.25) is 0 Å². The number of rotatable bonds is 3. The van der Waals surface area contributed by atoms with Crippen molar-refractivity contribution in [2.75, 3.05) is 0 Å². The van der Waals surface area contributed by atoms with E-state index in [1.165, 1.54) is 18.2 Å². The molecule has 0 radical (unpaired) electrons. The summed E-state index contributed by atoms with van der Waals surface area (Å²) < 4.78 is 23.7. The summed E-state index contributed by atoms with van der Waals surface area (Å²) in [6, 6.07) is 8.44. The van der Waals surface area contributed by atoms with Gasteiger partial charge in [-0.2, -0.15) is 0 Å². The van der Waals surface area contributed by atoms with E-state index in [4.69, 9.17) is 19.0 Å². The molecule has 0 bridgehead atoms. The molecule has 4 aromatic rings. The van der Waals surface area contributed by atoms with Crippen molar-refractivity contribution in [2.24, 2.45) is 0 Å². The van der Waals surface area contributed by atoms with Crippen LogP contribution in [0.1, 0.15) is 20.7 Å². The molecule has 0 aliphatic rings. The Bertz CT molecular complexity index is 1360. The van der Waals surface area contributed by atoms with Crippen molar-refractivity contribution < 1.29 is 33.0 Å². The van der Waals surface area contributed by atoms with Crippen LogP contribution in [0.3, 0.4) is 0 Å². The average molecular weight is 396 g/mol. The van der Waals surface area contributed by atoms with E-state index in [1.54, 1.807) is 0 Å². The van der Waals surface area contributed by atoms with Crippen molar-refractivity contribution >= 4 is 33.9 Å². The van der Waals surface area contributed by atoms with Gasteiger partial charge in [0.05, 0.1) is 5.56 Å². The van der Waals surface area contributed by atoms with E-state index in [2.05, 4.69) is 0 Å². The number of fused-ring (bicyclic) bond motifs is 2. The number of hydrogen-bond acceptors (Lipinski definition) is 6. The number of carbonyl (C=O) groups is 2. The minimum absolute atomic E-state index is 0.0839. The lowest BCUT2D eigenvalue weighted by atomic mass is 9.98. The van der Waals surface area contributed by atoms with Crippen LogP contribution in [0.5, 0.6) is 0 Å². The zero-order chi connectivity index (χ0) is 20.9. The predicted molar refractivity (Wildman–Crippen MR) is 97.8 cm³/mol. The number of carboxylic acids is 2. The van der Waals surface area contributed by atoms with E-state index < -0.39 is 40.1 Å². The first kappa shape index (κ1) is 18.1. The third-order valence-corrected chi connectivity index (χ3v) is 4.31. The molecule has 2 aromatic carbocycles. The molecule has 144 valence electrons. The van der Waals surface area contributed by atoms with Gasteiger partial charge >= 0.3 is 23.2 Å². The zero-order valence-corrected chi connectivity index (χ0v) is 14.3. The quantitative estimate of drug-likeness (QED) is 0.398. The maximum atomic E-state index is 13.4. The summed E-state index contributed by atoms with van der Waals surface area (Å²) in [5, 5.41) is 18.6. The monoisotopic (exact) mass is 396 g/mol. The number of carboxylic acid groups (broad SMARTS) is 2. The van der Waals surface area contributed by atoms with Crippen LogP contribution in [0.15, 0.2) is 60.9 Å². The van der Waals surface area contributed by atoms with Crippen molar-refractivity contribution in [1.29, 1.82) is 0 Å². The van der Waals surface area contributed by atoms with Gasteiger partial charge in [0.1, 0.15) is 28.1 Å². The van der Waals surface area contributed by atoms with Crippen LogP contribution >= 0.6 is 0 Å². The Kier molecular flexibility index (Phi) is 4.00. The lowest BCUT2D eigenvalue weighted by molar-refractivity contribution is 0.0681. The van der Waals surface area contributed by atoms with E-state index in [9.17, 15) is 23.6 Å².